The molecule has 0 saturated carbocycles. The van der Waals surface area contributed by atoms with E-state index in [0.717, 1.165) is 35.0 Å². The Labute approximate surface area is 172 Å². The predicted molar refractivity (Wildman–Crippen MR) is 118 cm³/mol. The molecule has 29 heavy (non-hydrogen) atoms. The van der Waals surface area contributed by atoms with Gasteiger partial charge in [-0.1, -0.05) is 64.7 Å². The Morgan fingerprint density at radius 3 is 2.28 bits per heavy atom. The van der Waals surface area contributed by atoms with Crippen LogP contribution in [0.5, 0.6) is 0 Å². The molecule has 3 heterocycles. The Hall–Kier alpha value is -2.50. The summed E-state index contributed by atoms with van der Waals surface area (Å²) in [7, 11) is 1.46. The number of fused-ring (bicyclic) bond motifs is 2. The average Bonchev–Trinajstić information content (AvgIpc) is 2.73. The van der Waals surface area contributed by atoms with Gasteiger partial charge in [0.25, 0.3) is 5.56 Å². The van der Waals surface area contributed by atoms with Crippen LogP contribution in [-0.4, -0.2) is 19.1 Å². The van der Waals surface area contributed by atoms with Crippen molar-refractivity contribution in [2.24, 2.45) is 7.05 Å². The molecule has 0 unspecified atom stereocenters. The normalized spacial score (nSPS) is 11.5. The van der Waals surface area contributed by atoms with E-state index in [1.54, 1.807) is 12.3 Å². The molecule has 1 aromatic heterocycles. The van der Waals surface area contributed by atoms with E-state index in [9.17, 15) is 9.59 Å². The monoisotopic (exact) mass is 396 g/mol. The van der Waals surface area contributed by atoms with Crippen LogP contribution in [0.25, 0.3) is 22.4 Å². The third-order valence-electron chi connectivity index (χ3n) is 5.64. The van der Waals surface area contributed by atoms with E-state index < -0.39 is 5.69 Å². The minimum Gasteiger partial charge on any atom is -0.324 e. The fraction of sp³-hybridized carbons (Fsp3) is 0.565. The zero-order chi connectivity index (χ0) is 20.6. The van der Waals surface area contributed by atoms with E-state index in [-0.39, 0.29) is 5.56 Å². The van der Waals surface area contributed by atoms with Crippen LogP contribution >= 0.6 is 0 Å². The molecule has 2 aliphatic heterocycles. The van der Waals surface area contributed by atoms with Crippen LogP contribution in [-0.2, 0) is 13.6 Å². The van der Waals surface area contributed by atoms with Crippen molar-refractivity contribution >= 4 is 11.0 Å². The standard InChI is InChI=1S/C23H32N4O2/c1-3-4-5-6-7-8-9-10-11-12-16-27-20-14-13-15-24-19(20)17-18-21(27)25-23(29)26(2)22(18)28/h13-15,17H,3-12,16H2,1-2H3. The number of rotatable bonds is 11. The van der Waals surface area contributed by atoms with Gasteiger partial charge in [0.1, 0.15) is 0 Å². The first-order valence-corrected chi connectivity index (χ1v) is 11.0. The summed E-state index contributed by atoms with van der Waals surface area (Å²) in [6.07, 6.45) is 14.4. The van der Waals surface area contributed by atoms with Crippen molar-refractivity contribution in [2.75, 3.05) is 0 Å². The topological polar surface area (TPSA) is 69.8 Å². The van der Waals surface area contributed by atoms with Crippen molar-refractivity contribution in [3.63, 3.8) is 0 Å². The molecule has 0 spiro atoms. The van der Waals surface area contributed by atoms with Crippen LogP contribution in [0.1, 0.15) is 71.1 Å². The fourth-order valence-corrected chi connectivity index (χ4v) is 3.90. The van der Waals surface area contributed by atoms with Crippen LogP contribution in [0.4, 0.5) is 0 Å². The average molecular weight is 397 g/mol. The number of unbranched alkanes of at least 4 members (excludes halogenated alkanes) is 9. The van der Waals surface area contributed by atoms with Crippen molar-refractivity contribution in [3.05, 3.63) is 45.2 Å². The molecule has 3 rings (SSSR count). The Morgan fingerprint density at radius 2 is 1.59 bits per heavy atom. The first kappa shape index (κ1) is 21.2. The van der Waals surface area contributed by atoms with Gasteiger partial charge in [0, 0.05) is 19.8 Å². The van der Waals surface area contributed by atoms with Gasteiger partial charge >= 0.3 is 5.69 Å². The number of aromatic nitrogens is 4. The molecule has 0 radical (unpaired) electrons. The fourth-order valence-electron chi connectivity index (χ4n) is 3.90. The highest BCUT2D eigenvalue weighted by atomic mass is 16.2. The van der Waals surface area contributed by atoms with Crippen molar-refractivity contribution in [3.8, 4) is 11.4 Å². The quantitative estimate of drug-likeness (QED) is 0.353. The largest absolute Gasteiger partial charge is 0.352 e. The van der Waals surface area contributed by atoms with Gasteiger partial charge in [-0.15, -0.1) is 0 Å². The van der Waals surface area contributed by atoms with Gasteiger partial charge in [-0.25, -0.2) is 4.79 Å². The van der Waals surface area contributed by atoms with Crippen molar-refractivity contribution < 1.29 is 0 Å². The van der Waals surface area contributed by atoms with Crippen molar-refractivity contribution in [1.82, 2.24) is 19.1 Å². The second-order valence-electron chi connectivity index (χ2n) is 7.88. The summed E-state index contributed by atoms with van der Waals surface area (Å²) >= 11 is 0. The van der Waals surface area contributed by atoms with Gasteiger partial charge in [0.2, 0.25) is 0 Å². The van der Waals surface area contributed by atoms with Gasteiger partial charge in [-0.05, 0) is 24.6 Å². The highest BCUT2D eigenvalue weighted by Gasteiger charge is 2.18. The lowest BCUT2D eigenvalue weighted by Crippen LogP contribution is -2.36. The second kappa shape index (κ2) is 10.3. The third-order valence-corrected chi connectivity index (χ3v) is 5.64. The molecule has 0 N–H and O–H groups in total. The summed E-state index contributed by atoms with van der Waals surface area (Å²) in [6, 6.07) is 5.60. The molecule has 0 amide bonds. The molecular weight excluding hydrogens is 364 g/mol. The Morgan fingerprint density at radius 1 is 0.931 bits per heavy atom. The van der Waals surface area contributed by atoms with Gasteiger partial charge in [0.05, 0.1) is 16.6 Å². The number of hydrogen-bond acceptors (Lipinski definition) is 4. The van der Waals surface area contributed by atoms with E-state index in [0.29, 0.717) is 11.4 Å². The van der Waals surface area contributed by atoms with Crippen LogP contribution in [0, 0.1) is 0 Å². The summed E-state index contributed by atoms with van der Waals surface area (Å²) in [4.78, 5) is 33.3. The Bertz CT molecular complexity index is 1020. The molecule has 0 atom stereocenters. The summed E-state index contributed by atoms with van der Waals surface area (Å²) < 4.78 is 3.05. The molecule has 0 saturated heterocycles. The number of hydrogen-bond donors (Lipinski definition) is 0. The maximum atomic E-state index is 12.6. The van der Waals surface area contributed by atoms with Crippen molar-refractivity contribution in [1.29, 1.82) is 0 Å². The maximum Gasteiger partial charge on any atom is 0.352 e. The second-order valence-corrected chi connectivity index (χ2v) is 7.88. The molecule has 0 bridgehead atoms. The smallest absolute Gasteiger partial charge is 0.324 e. The first-order chi connectivity index (χ1) is 14.1. The van der Waals surface area contributed by atoms with Gasteiger partial charge < -0.3 is 4.57 Å². The van der Waals surface area contributed by atoms with Crippen LogP contribution in [0.3, 0.4) is 0 Å². The minimum atomic E-state index is -0.512. The van der Waals surface area contributed by atoms with Gasteiger partial charge in [-0.3, -0.25) is 14.3 Å². The molecule has 6 heteroatoms. The van der Waals surface area contributed by atoms with Gasteiger partial charge in [-0.2, -0.15) is 4.98 Å². The minimum absolute atomic E-state index is 0.315. The van der Waals surface area contributed by atoms with E-state index in [2.05, 4.69) is 16.9 Å². The van der Waals surface area contributed by atoms with Crippen LogP contribution in [0.2, 0.25) is 0 Å². The molecule has 6 nitrogen and oxygen atoms in total. The first-order valence-electron chi connectivity index (χ1n) is 11.0. The zero-order valence-corrected chi connectivity index (χ0v) is 17.7. The van der Waals surface area contributed by atoms with E-state index in [4.69, 9.17) is 0 Å². The van der Waals surface area contributed by atoms with E-state index >= 15 is 0 Å². The molecule has 0 aliphatic carbocycles. The van der Waals surface area contributed by atoms with E-state index in [1.807, 2.05) is 16.7 Å². The Balaban J connectivity index is 1.67. The van der Waals surface area contributed by atoms with E-state index in [1.165, 1.54) is 58.4 Å². The molecule has 0 fully saturated rings. The number of nitrogens with zero attached hydrogens (tertiary/aromatic N) is 4. The summed E-state index contributed by atoms with van der Waals surface area (Å²) in [5.41, 5.74) is 1.29. The highest BCUT2D eigenvalue weighted by molar-refractivity contribution is 5.81. The maximum absolute atomic E-state index is 12.6. The van der Waals surface area contributed by atoms with Crippen LogP contribution < -0.4 is 11.2 Å². The lowest BCUT2D eigenvalue weighted by molar-refractivity contribution is 0.537. The summed E-state index contributed by atoms with van der Waals surface area (Å²) in [5, 5.41) is 0. The molecule has 1 aromatic rings. The third kappa shape index (κ3) is 5.11. The Kier molecular flexibility index (Phi) is 7.55. The SMILES string of the molecule is CCCCCCCCCCCCn1c2nc(=O)n(C)c(=O)c-2cc2ncccc21. The summed E-state index contributed by atoms with van der Waals surface area (Å²) in [6.45, 7) is 2.98. The lowest BCUT2D eigenvalue weighted by atomic mass is 10.1. The zero-order valence-electron chi connectivity index (χ0n) is 17.7. The van der Waals surface area contributed by atoms with Gasteiger partial charge in [0.15, 0.2) is 5.82 Å². The molecule has 156 valence electrons. The predicted octanol–water partition coefficient (Wildman–Crippen LogP) is 4.52. The molecular formula is C23H32N4O2. The number of pyridine rings is 2. The summed E-state index contributed by atoms with van der Waals surface area (Å²) in [5.74, 6) is 0.467. The van der Waals surface area contributed by atoms with Crippen molar-refractivity contribution in [2.45, 2.75) is 77.7 Å². The molecule has 2 aliphatic rings. The lowest BCUT2D eigenvalue weighted by Gasteiger charge is -2.17. The number of aryl methyl sites for hydroxylation is 1. The highest BCUT2D eigenvalue weighted by Crippen LogP contribution is 2.23. The molecule has 0 aromatic carbocycles. The van der Waals surface area contributed by atoms with Crippen LogP contribution in [0.15, 0.2) is 34.0 Å².